The lowest BCUT2D eigenvalue weighted by molar-refractivity contribution is -0.143. The zero-order valence-electron chi connectivity index (χ0n) is 33.7. The molecule has 0 spiro atoms. The van der Waals surface area contributed by atoms with Gasteiger partial charge in [0.05, 0.1) is 32.3 Å². The zero-order chi connectivity index (χ0) is 39.9. The molecule has 54 heavy (non-hydrogen) atoms. The fraction of sp³-hybridized carbons (Fsp3) is 0.878. The smallest absolute Gasteiger partial charge is 0.326 e. The molecule has 0 rings (SSSR count). The molecule has 0 aromatic carbocycles. The molecule has 2 unspecified atom stereocenters. The molecule has 0 heterocycles. The Hall–Kier alpha value is -2.77. The molecule has 0 radical (unpaired) electrons. The Bertz CT molecular complexity index is 952. The van der Waals surface area contributed by atoms with Gasteiger partial charge in [0, 0.05) is 32.4 Å². The highest BCUT2D eigenvalue weighted by Crippen LogP contribution is 2.17. The Morgan fingerprint density at radius 3 is 1.48 bits per heavy atom. The lowest BCUT2D eigenvalue weighted by atomic mass is 9.96. The number of hydrogen-bond donors (Lipinski definition) is 6. The molecular formula is C41H77N3O10. The minimum absolute atomic E-state index is 0.00998. The van der Waals surface area contributed by atoms with Crippen molar-refractivity contribution >= 4 is 29.7 Å². The van der Waals surface area contributed by atoms with Crippen molar-refractivity contribution in [2.75, 3.05) is 46.1 Å². The van der Waals surface area contributed by atoms with E-state index in [1.165, 1.54) is 57.8 Å². The van der Waals surface area contributed by atoms with Crippen LogP contribution in [0.5, 0.6) is 0 Å². The van der Waals surface area contributed by atoms with E-state index in [0.717, 1.165) is 90.0 Å². The first-order chi connectivity index (χ1) is 26.2. The molecule has 13 heteroatoms. The number of amides is 2. The van der Waals surface area contributed by atoms with Gasteiger partial charge in [-0.15, -0.1) is 0 Å². The summed E-state index contributed by atoms with van der Waals surface area (Å²) in [7, 11) is 0. The number of ether oxygens (including phenoxy) is 2. The number of carboxylic acids is 3. The maximum atomic E-state index is 12.3. The van der Waals surface area contributed by atoms with Gasteiger partial charge in [0.25, 0.3) is 0 Å². The molecule has 0 saturated carbocycles. The molecule has 0 aromatic heterocycles. The van der Waals surface area contributed by atoms with Gasteiger partial charge in [-0.05, 0) is 45.1 Å². The van der Waals surface area contributed by atoms with E-state index in [4.69, 9.17) is 14.6 Å². The van der Waals surface area contributed by atoms with Gasteiger partial charge >= 0.3 is 17.9 Å². The number of aliphatic carboxylic acids is 3. The first-order valence-electron chi connectivity index (χ1n) is 21.3. The predicted octanol–water partition coefficient (Wildman–Crippen LogP) is 7.24. The maximum absolute atomic E-state index is 12.3. The van der Waals surface area contributed by atoms with Crippen molar-refractivity contribution < 1.29 is 48.8 Å². The van der Waals surface area contributed by atoms with Crippen molar-refractivity contribution in [1.82, 2.24) is 16.0 Å². The van der Waals surface area contributed by atoms with E-state index >= 15 is 0 Å². The summed E-state index contributed by atoms with van der Waals surface area (Å²) < 4.78 is 11.0. The SMILES string of the molecule is CCCCC(CCCCNCCOCCOCCNC(=O)CCC(NC(=O)CCCCCCCCCCCCCCCCCCC(=O)O)C(=O)O)C(=O)O. The summed E-state index contributed by atoms with van der Waals surface area (Å²) in [5.41, 5.74) is 0. The van der Waals surface area contributed by atoms with Crippen LogP contribution in [-0.2, 0) is 33.4 Å². The third kappa shape index (κ3) is 36.2. The fourth-order valence-corrected chi connectivity index (χ4v) is 6.26. The molecule has 0 fully saturated rings. The number of carbonyl (C=O) groups is 5. The van der Waals surface area contributed by atoms with Crippen molar-refractivity contribution in [2.24, 2.45) is 5.92 Å². The van der Waals surface area contributed by atoms with E-state index in [1.54, 1.807) is 0 Å². The minimum atomic E-state index is -1.15. The molecule has 2 atom stereocenters. The number of rotatable bonds is 42. The summed E-state index contributed by atoms with van der Waals surface area (Å²) in [5, 5.41) is 36.0. The van der Waals surface area contributed by atoms with E-state index < -0.39 is 23.9 Å². The summed E-state index contributed by atoms with van der Waals surface area (Å²) in [5.74, 6) is -3.36. The van der Waals surface area contributed by atoms with Gasteiger partial charge in [0.2, 0.25) is 11.8 Å². The van der Waals surface area contributed by atoms with Crippen LogP contribution < -0.4 is 16.0 Å². The van der Waals surface area contributed by atoms with Gasteiger partial charge in [0.15, 0.2) is 0 Å². The summed E-state index contributed by atoms with van der Waals surface area (Å²) in [4.78, 5) is 57.9. The van der Waals surface area contributed by atoms with E-state index in [0.29, 0.717) is 39.5 Å². The van der Waals surface area contributed by atoms with Crippen LogP contribution in [0.25, 0.3) is 0 Å². The monoisotopic (exact) mass is 772 g/mol. The van der Waals surface area contributed by atoms with Crippen LogP contribution >= 0.6 is 0 Å². The molecular weight excluding hydrogens is 694 g/mol. The largest absolute Gasteiger partial charge is 0.481 e. The second kappa shape index (κ2) is 38.5. The predicted molar refractivity (Wildman–Crippen MR) is 212 cm³/mol. The molecule has 0 bridgehead atoms. The van der Waals surface area contributed by atoms with Crippen LogP contribution in [0, 0.1) is 5.92 Å². The third-order valence-corrected chi connectivity index (χ3v) is 9.61. The van der Waals surface area contributed by atoms with E-state index in [-0.39, 0.29) is 43.4 Å². The topological polar surface area (TPSA) is 201 Å². The third-order valence-electron chi connectivity index (χ3n) is 9.61. The number of carboxylic acid groups (broad SMARTS) is 3. The second-order valence-electron chi connectivity index (χ2n) is 14.5. The van der Waals surface area contributed by atoms with E-state index in [1.807, 2.05) is 0 Å². The summed E-state index contributed by atoms with van der Waals surface area (Å²) in [6.45, 7) is 5.57. The Kier molecular flexibility index (Phi) is 36.5. The Balaban J connectivity index is 3.63. The second-order valence-corrected chi connectivity index (χ2v) is 14.5. The highest BCUT2D eigenvalue weighted by molar-refractivity contribution is 5.84. The van der Waals surface area contributed by atoms with Crippen LogP contribution in [0.4, 0.5) is 0 Å². The van der Waals surface area contributed by atoms with Gasteiger partial charge in [-0.3, -0.25) is 19.2 Å². The van der Waals surface area contributed by atoms with E-state index in [9.17, 15) is 34.2 Å². The molecule has 0 aliphatic carbocycles. The van der Waals surface area contributed by atoms with Crippen LogP contribution in [0.1, 0.15) is 174 Å². The van der Waals surface area contributed by atoms with Crippen LogP contribution in [0.2, 0.25) is 0 Å². The number of carbonyl (C=O) groups excluding carboxylic acids is 2. The highest BCUT2D eigenvalue weighted by atomic mass is 16.5. The van der Waals surface area contributed by atoms with Gasteiger partial charge in [-0.1, -0.05) is 116 Å². The number of nitrogens with one attached hydrogen (secondary N) is 3. The lowest BCUT2D eigenvalue weighted by Crippen LogP contribution is -2.41. The minimum Gasteiger partial charge on any atom is -0.481 e. The van der Waals surface area contributed by atoms with Gasteiger partial charge in [-0.25, -0.2) is 4.79 Å². The standard InChI is InChI=1S/C41H77N3O10/c1-2-3-22-35(40(49)50)23-20-21-28-42-29-31-53-33-34-54-32-30-43-37(45)27-26-36(41(51)52)44-38(46)24-18-16-14-12-10-8-6-4-5-7-9-11-13-15-17-19-25-39(47)48/h35-36,42H,2-34H2,1H3,(H,43,45)(H,44,46)(H,47,48)(H,49,50)(H,51,52). The van der Waals surface area contributed by atoms with Crippen LogP contribution in [-0.4, -0.2) is 97.1 Å². The molecule has 0 saturated heterocycles. The summed E-state index contributed by atoms with van der Waals surface area (Å²) in [6.07, 6.45) is 23.9. The maximum Gasteiger partial charge on any atom is 0.326 e. The van der Waals surface area contributed by atoms with E-state index in [2.05, 4.69) is 22.9 Å². The van der Waals surface area contributed by atoms with Crippen molar-refractivity contribution in [1.29, 1.82) is 0 Å². The Morgan fingerprint density at radius 1 is 0.481 bits per heavy atom. The molecule has 6 N–H and O–H groups in total. The van der Waals surface area contributed by atoms with Crippen molar-refractivity contribution in [3.63, 3.8) is 0 Å². The average molecular weight is 772 g/mol. The van der Waals surface area contributed by atoms with Gasteiger partial charge in [-0.2, -0.15) is 0 Å². The lowest BCUT2D eigenvalue weighted by Gasteiger charge is -2.14. The van der Waals surface area contributed by atoms with Crippen molar-refractivity contribution in [2.45, 2.75) is 180 Å². The first-order valence-corrected chi connectivity index (χ1v) is 21.3. The van der Waals surface area contributed by atoms with Crippen molar-refractivity contribution in [3.8, 4) is 0 Å². The molecule has 316 valence electrons. The Morgan fingerprint density at radius 2 is 0.981 bits per heavy atom. The molecule has 13 nitrogen and oxygen atoms in total. The highest BCUT2D eigenvalue weighted by Gasteiger charge is 2.21. The molecule has 0 aliphatic rings. The summed E-state index contributed by atoms with van der Waals surface area (Å²) >= 11 is 0. The molecule has 0 aromatic rings. The van der Waals surface area contributed by atoms with Crippen LogP contribution in [0.15, 0.2) is 0 Å². The van der Waals surface area contributed by atoms with Crippen LogP contribution in [0.3, 0.4) is 0 Å². The normalized spacial score (nSPS) is 12.3. The Labute approximate surface area is 325 Å². The summed E-state index contributed by atoms with van der Waals surface area (Å²) in [6, 6.07) is -1.10. The first kappa shape index (κ1) is 51.2. The fourth-order valence-electron chi connectivity index (χ4n) is 6.26. The van der Waals surface area contributed by atoms with Gasteiger partial charge < -0.3 is 40.7 Å². The molecule has 2 amide bonds. The van der Waals surface area contributed by atoms with Gasteiger partial charge in [0.1, 0.15) is 6.04 Å². The number of unbranched alkanes of at least 4 members (excludes halogenated alkanes) is 17. The quantitative estimate of drug-likeness (QED) is 0.0342. The number of hydrogen-bond acceptors (Lipinski definition) is 8. The zero-order valence-corrected chi connectivity index (χ0v) is 33.7. The average Bonchev–Trinajstić information content (AvgIpc) is 3.13. The molecule has 0 aliphatic heterocycles. The van der Waals surface area contributed by atoms with Crippen molar-refractivity contribution in [3.05, 3.63) is 0 Å².